The number of fused-ring (bicyclic) bond motifs is 1. The number of piperidine rings is 1. The second-order valence-corrected chi connectivity index (χ2v) is 9.04. The standard InChI is InChI=1S/C28H30N6O4/c1-3-23(35)33-16-8-9-19(17-33)34(24(36)4-2)27-25-26(31-32-27)29-18-30-28(25)38-22-14-12-21(13-15-22)37-20-10-6-5-7-11-20/h5-7,10-15,18-19H,3-4,8-9,16-17H2,1-2H3,(H,29,30,31,32)/t19-/m1/s1. The molecular weight excluding hydrogens is 484 g/mol. The van der Waals surface area contributed by atoms with E-state index in [1.807, 2.05) is 61.2 Å². The van der Waals surface area contributed by atoms with Crippen molar-refractivity contribution in [3.8, 4) is 23.1 Å². The van der Waals surface area contributed by atoms with Crippen molar-refractivity contribution in [1.82, 2.24) is 25.1 Å². The lowest BCUT2D eigenvalue weighted by molar-refractivity contribution is -0.132. The van der Waals surface area contributed by atoms with E-state index in [4.69, 9.17) is 9.47 Å². The topological polar surface area (TPSA) is 114 Å². The summed E-state index contributed by atoms with van der Waals surface area (Å²) in [7, 11) is 0. The van der Waals surface area contributed by atoms with Crippen molar-refractivity contribution in [2.24, 2.45) is 0 Å². The molecule has 1 aliphatic heterocycles. The normalized spacial score (nSPS) is 15.3. The number of benzene rings is 2. The van der Waals surface area contributed by atoms with Crippen LogP contribution in [0.25, 0.3) is 11.0 Å². The number of carbonyl (C=O) groups is 2. The van der Waals surface area contributed by atoms with E-state index in [2.05, 4.69) is 20.2 Å². The second-order valence-electron chi connectivity index (χ2n) is 9.04. The van der Waals surface area contributed by atoms with Gasteiger partial charge in [-0.05, 0) is 49.2 Å². The monoisotopic (exact) mass is 514 g/mol. The molecule has 38 heavy (non-hydrogen) atoms. The molecule has 0 saturated carbocycles. The van der Waals surface area contributed by atoms with E-state index in [0.29, 0.717) is 54.3 Å². The molecule has 1 fully saturated rings. The number of rotatable bonds is 8. The van der Waals surface area contributed by atoms with Gasteiger partial charge in [0.15, 0.2) is 11.5 Å². The number of ether oxygens (including phenoxy) is 2. The van der Waals surface area contributed by atoms with Gasteiger partial charge in [0.2, 0.25) is 17.7 Å². The lowest BCUT2D eigenvalue weighted by Gasteiger charge is -2.38. The van der Waals surface area contributed by atoms with E-state index in [1.54, 1.807) is 17.0 Å². The Bertz CT molecular complexity index is 1410. The van der Waals surface area contributed by atoms with E-state index in [9.17, 15) is 9.59 Å². The summed E-state index contributed by atoms with van der Waals surface area (Å²) in [5.41, 5.74) is 0.459. The maximum Gasteiger partial charge on any atom is 0.235 e. The molecular formula is C28H30N6O4. The molecule has 1 N–H and O–H groups in total. The third kappa shape index (κ3) is 5.29. The lowest BCUT2D eigenvalue weighted by Crippen LogP contribution is -2.52. The number of likely N-dealkylation sites (tertiary alicyclic amines) is 1. The van der Waals surface area contributed by atoms with Gasteiger partial charge in [0.05, 0.1) is 6.04 Å². The second kappa shape index (κ2) is 11.3. The van der Waals surface area contributed by atoms with Crippen molar-refractivity contribution in [2.45, 2.75) is 45.6 Å². The van der Waals surface area contributed by atoms with Gasteiger partial charge in [-0.2, -0.15) is 5.10 Å². The highest BCUT2D eigenvalue weighted by molar-refractivity contribution is 6.02. The number of aromatic nitrogens is 4. The van der Waals surface area contributed by atoms with Crippen molar-refractivity contribution in [3.63, 3.8) is 0 Å². The number of carbonyl (C=O) groups excluding carboxylic acids is 2. The first-order valence-electron chi connectivity index (χ1n) is 12.9. The first-order valence-corrected chi connectivity index (χ1v) is 12.9. The highest BCUT2D eigenvalue weighted by Crippen LogP contribution is 2.36. The molecule has 10 nitrogen and oxygen atoms in total. The van der Waals surface area contributed by atoms with Crippen molar-refractivity contribution < 1.29 is 19.1 Å². The van der Waals surface area contributed by atoms with Crippen LogP contribution < -0.4 is 14.4 Å². The Hall–Kier alpha value is -4.47. The van der Waals surface area contributed by atoms with Gasteiger partial charge in [0, 0.05) is 25.9 Å². The Morgan fingerprint density at radius 2 is 1.68 bits per heavy atom. The smallest absolute Gasteiger partial charge is 0.235 e. The fourth-order valence-electron chi connectivity index (χ4n) is 4.66. The average molecular weight is 515 g/mol. The van der Waals surface area contributed by atoms with Crippen LogP contribution in [0.5, 0.6) is 23.1 Å². The van der Waals surface area contributed by atoms with Crippen LogP contribution in [0.2, 0.25) is 0 Å². The largest absolute Gasteiger partial charge is 0.457 e. The zero-order valence-corrected chi connectivity index (χ0v) is 21.5. The predicted molar refractivity (Wildman–Crippen MR) is 142 cm³/mol. The molecule has 2 amide bonds. The van der Waals surface area contributed by atoms with Crippen molar-refractivity contribution in [1.29, 1.82) is 0 Å². The predicted octanol–water partition coefficient (Wildman–Crippen LogP) is 5.08. The zero-order chi connectivity index (χ0) is 26.5. The Morgan fingerprint density at radius 3 is 2.39 bits per heavy atom. The van der Waals surface area contributed by atoms with E-state index in [1.165, 1.54) is 6.33 Å². The summed E-state index contributed by atoms with van der Waals surface area (Å²) >= 11 is 0. The number of para-hydroxylation sites is 1. The summed E-state index contributed by atoms with van der Waals surface area (Å²) in [4.78, 5) is 37.8. The van der Waals surface area contributed by atoms with Crippen LogP contribution in [0.3, 0.4) is 0 Å². The number of nitrogens with zero attached hydrogens (tertiary/aromatic N) is 5. The molecule has 0 radical (unpaired) electrons. The number of hydrogen-bond acceptors (Lipinski definition) is 7. The highest BCUT2D eigenvalue weighted by Gasteiger charge is 2.34. The Kier molecular flexibility index (Phi) is 7.48. The van der Waals surface area contributed by atoms with Crippen LogP contribution in [-0.2, 0) is 9.59 Å². The van der Waals surface area contributed by atoms with Gasteiger partial charge in [-0.25, -0.2) is 9.97 Å². The number of aromatic amines is 1. The summed E-state index contributed by atoms with van der Waals surface area (Å²) in [6.07, 6.45) is 3.69. The summed E-state index contributed by atoms with van der Waals surface area (Å²) in [5, 5.41) is 7.90. The molecule has 5 rings (SSSR count). The van der Waals surface area contributed by atoms with Crippen LogP contribution in [0.1, 0.15) is 39.5 Å². The molecule has 1 saturated heterocycles. The quantitative estimate of drug-likeness (QED) is 0.349. The van der Waals surface area contributed by atoms with E-state index in [0.717, 1.165) is 18.6 Å². The number of hydrogen-bond donors (Lipinski definition) is 1. The van der Waals surface area contributed by atoms with Crippen molar-refractivity contribution in [3.05, 3.63) is 60.9 Å². The summed E-state index contributed by atoms with van der Waals surface area (Å²) in [6, 6.07) is 16.5. The van der Waals surface area contributed by atoms with E-state index < -0.39 is 0 Å². The number of anilines is 1. The zero-order valence-electron chi connectivity index (χ0n) is 21.5. The molecule has 0 spiro atoms. The van der Waals surface area contributed by atoms with E-state index >= 15 is 0 Å². The molecule has 1 aliphatic rings. The Morgan fingerprint density at radius 1 is 0.974 bits per heavy atom. The number of amides is 2. The molecule has 0 aliphatic carbocycles. The molecule has 2 aromatic carbocycles. The minimum Gasteiger partial charge on any atom is -0.457 e. The van der Waals surface area contributed by atoms with Crippen LogP contribution in [-0.4, -0.2) is 56.0 Å². The summed E-state index contributed by atoms with van der Waals surface area (Å²) < 4.78 is 12.0. The van der Waals surface area contributed by atoms with Crippen molar-refractivity contribution in [2.75, 3.05) is 18.0 Å². The van der Waals surface area contributed by atoms with Gasteiger partial charge >= 0.3 is 0 Å². The molecule has 0 bridgehead atoms. The number of H-pyrrole nitrogens is 1. The number of nitrogens with one attached hydrogen (secondary N) is 1. The molecule has 3 heterocycles. The maximum atomic E-state index is 13.2. The summed E-state index contributed by atoms with van der Waals surface area (Å²) in [6.45, 7) is 4.82. The molecule has 10 heteroatoms. The third-order valence-electron chi connectivity index (χ3n) is 6.54. The van der Waals surface area contributed by atoms with Gasteiger partial charge in [-0.3, -0.25) is 19.6 Å². The highest BCUT2D eigenvalue weighted by atomic mass is 16.5. The minimum atomic E-state index is -0.208. The van der Waals surface area contributed by atoms with Gasteiger partial charge in [0.1, 0.15) is 29.0 Å². The molecule has 196 valence electrons. The fourth-order valence-corrected chi connectivity index (χ4v) is 4.66. The Balaban J connectivity index is 1.44. The minimum absolute atomic E-state index is 0.0810. The maximum absolute atomic E-state index is 13.2. The van der Waals surface area contributed by atoms with Crippen LogP contribution in [0.4, 0.5) is 5.82 Å². The summed E-state index contributed by atoms with van der Waals surface area (Å²) in [5.74, 6) is 2.63. The van der Waals surface area contributed by atoms with Crippen LogP contribution in [0, 0.1) is 0 Å². The van der Waals surface area contributed by atoms with Crippen LogP contribution >= 0.6 is 0 Å². The molecule has 0 unspecified atom stereocenters. The molecule has 1 atom stereocenters. The van der Waals surface area contributed by atoms with Gasteiger partial charge in [0.25, 0.3) is 0 Å². The Labute approximate surface area is 220 Å². The third-order valence-corrected chi connectivity index (χ3v) is 6.54. The fraction of sp³-hybridized carbons (Fsp3) is 0.321. The SMILES string of the molecule is CCC(=O)N1CCC[C@@H](N(C(=O)CC)c2n[nH]c3ncnc(Oc4ccc(Oc5ccccc5)cc4)c23)C1. The lowest BCUT2D eigenvalue weighted by atomic mass is 10.0. The van der Waals surface area contributed by atoms with Crippen molar-refractivity contribution >= 4 is 28.7 Å². The van der Waals surface area contributed by atoms with Gasteiger partial charge in [-0.1, -0.05) is 32.0 Å². The van der Waals surface area contributed by atoms with Gasteiger partial charge < -0.3 is 14.4 Å². The van der Waals surface area contributed by atoms with E-state index in [-0.39, 0.29) is 23.7 Å². The van der Waals surface area contributed by atoms with Crippen LogP contribution in [0.15, 0.2) is 60.9 Å². The molecule has 2 aromatic heterocycles. The first kappa shape index (κ1) is 25.2. The average Bonchev–Trinajstić information content (AvgIpc) is 3.39. The van der Waals surface area contributed by atoms with Gasteiger partial charge in [-0.15, -0.1) is 0 Å². The first-order chi connectivity index (χ1) is 18.6. The molecule has 4 aromatic rings.